The second kappa shape index (κ2) is 14.9. The Labute approximate surface area is 208 Å². The van der Waals surface area contributed by atoms with Gasteiger partial charge in [-0.15, -0.1) is 24.0 Å². The number of halogens is 2. The third-order valence-corrected chi connectivity index (χ3v) is 5.72. The van der Waals surface area contributed by atoms with Crippen LogP contribution >= 0.6 is 24.0 Å². The van der Waals surface area contributed by atoms with Crippen LogP contribution in [-0.2, 0) is 16.0 Å². The minimum absolute atomic E-state index is 0. The van der Waals surface area contributed by atoms with Crippen LogP contribution in [-0.4, -0.2) is 88.6 Å². The minimum atomic E-state index is -0.305. The van der Waals surface area contributed by atoms with E-state index in [-0.39, 0.29) is 35.5 Å². The molecule has 2 heterocycles. The van der Waals surface area contributed by atoms with E-state index in [4.69, 9.17) is 19.2 Å². The van der Waals surface area contributed by atoms with E-state index < -0.39 is 0 Å². The van der Waals surface area contributed by atoms with Crippen molar-refractivity contribution in [2.24, 2.45) is 10.9 Å². The van der Waals surface area contributed by atoms with E-state index in [1.54, 1.807) is 12.1 Å². The van der Waals surface area contributed by atoms with Gasteiger partial charge >= 0.3 is 0 Å². The molecule has 0 radical (unpaired) electrons. The minimum Gasteiger partial charge on any atom is -0.494 e. The van der Waals surface area contributed by atoms with E-state index in [0.717, 1.165) is 96.6 Å². The molecular formula is C23H38FIN4O3. The van der Waals surface area contributed by atoms with Gasteiger partial charge in [-0.1, -0.05) is 6.07 Å². The second-order valence-electron chi connectivity index (χ2n) is 8.13. The van der Waals surface area contributed by atoms with Crippen LogP contribution in [0.15, 0.2) is 23.2 Å². The zero-order valence-electron chi connectivity index (χ0n) is 19.4. The number of aliphatic imine (C=N–C) groups is 1. The monoisotopic (exact) mass is 564 g/mol. The predicted octanol–water partition coefficient (Wildman–Crippen LogP) is 2.98. The first-order chi connectivity index (χ1) is 15.2. The van der Waals surface area contributed by atoms with Crippen LogP contribution in [0.3, 0.4) is 0 Å². The highest BCUT2D eigenvalue weighted by Gasteiger charge is 2.20. The molecule has 1 aromatic carbocycles. The number of hydrogen-bond acceptors (Lipinski definition) is 5. The zero-order chi connectivity index (χ0) is 21.9. The SMILES string of the molecule is CCNC(=NCCCOCC1CCOC1)N1CCN(Cc2ccc(OC)c(F)c2)CC1.I. The van der Waals surface area contributed by atoms with Gasteiger partial charge in [0.25, 0.3) is 0 Å². The summed E-state index contributed by atoms with van der Waals surface area (Å²) in [5.41, 5.74) is 0.969. The Hall–Kier alpha value is -1.17. The first kappa shape index (κ1) is 27.1. The molecule has 2 aliphatic heterocycles. The molecule has 0 aliphatic carbocycles. The van der Waals surface area contributed by atoms with Gasteiger partial charge in [0.1, 0.15) is 0 Å². The van der Waals surface area contributed by atoms with Gasteiger partial charge in [-0.2, -0.15) is 0 Å². The van der Waals surface area contributed by atoms with E-state index in [1.807, 2.05) is 6.07 Å². The maximum Gasteiger partial charge on any atom is 0.194 e. The number of piperazine rings is 1. The Bertz CT molecular complexity index is 696. The molecule has 2 saturated heterocycles. The number of benzene rings is 1. The lowest BCUT2D eigenvalue weighted by molar-refractivity contribution is 0.0892. The number of guanidine groups is 1. The summed E-state index contributed by atoms with van der Waals surface area (Å²) in [6.45, 7) is 11.3. The fraction of sp³-hybridized carbons (Fsp3) is 0.696. The fourth-order valence-electron chi connectivity index (χ4n) is 3.93. The van der Waals surface area contributed by atoms with Gasteiger partial charge in [-0.25, -0.2) is 4.39 Å². The molecular weight excluding hydrogens is 526 g/mol. The largest absolute Gasteiger partial charge is 0.494 e. The van der Waals surface area contributed by atoms with Crippen LogP contribution in [0, 0.1) is 11.7 Å². The molecule has 1 N–H and O–H groups in total. The van der Waals surface area contributed by atoms with Crippen molar-refractivity contribution in [2.75, 3.05) is 72.8 Å². The highest BCUT2D eigenvalue weighted by atomic mass is 127. The molecule has 2 aliphatic rings. The topological polar surface area (TPSA) is 58.6 Å². The normalized spacial score (nSPS) is 19.7. The van der Waals surface area contributed by atoms with Crippen molar-refractivity contribution in [1.82, 2.24) is 15.1 Å². The Morgan fingerprint density at radius 2 is 2.09 bits per heavy atom. The van der Waals surface area contributed by atoms with Crippen molar-refractivity contribution >= 4 is 29.9 Å². The Kier molecular flexibility index (Phi) is 12.6. The molecule has 2 fully saturated rings. The molecule has 9 heteroatoms. The summed E-state index contributed by atoms with van der Waals surface area (Å²) in [7, 11) is 1.49. The number of nitrogens with one attached hydrogen (secondary N) is 1. The summed E-state index contributed by atoms with van der Waals surface area (Å²) in [6, 6.07) is 5.20. The van der Waals surface area contributed by atoms with Crippen LogP contribution in [0.5, 0.6) is 5.75 Å². The second-order valence-corrected chi connectivity index (χ2v) is 8.13. The molecule has 1 unspecified atom stereocenters. The van der Waals surface area contributed by atoms with Crippen molar-refractivity contribution in [3.8, 4) is 5.75 Å². The molecule has 1 atom stereocenters. The standard InChI is InChI=1S/C23H37FN4O3.HI/c1-3-25-23(26-8-4-13-30-17-20-7-14-31-18-20)28-11-9-27(10-12-28)16-19-5-6-22(29-2)21(24)15-19;/h5-6,15,20H,3-4,7-14,16-18H2,1-2H3,(H,25,26);1H. The average Bonchev–Trinajstić information content (AvgIpc) is 3.30. The van der Waals surface area contributed by atoms with Gasteiger partial charge in [0.05, 0.1) is 20.3 Å². The van der Waals surface area contributed by atoms with Gasteiger partial charge in [-0.3, -0.25) is 9.89 Å². The first-order valence-corrected chi connectivity index (χ1v) is 11.4. The van der Waals surface area contributed by atoms with Crippen LogP contribution in [0.1, 0.15) is 25.3 Å². The number of nitrogens with zero attached hydrogens (tertiary/aromatic N) is 3. The molecule has 3 rings (SSSR count). The predicted molar refractivity (Wildman–Crippen MR) is 136 cm³/mol. The Morgan fingerprint density at radius 3 is 2.75 bits per heavy atom. The highest BCUT2D eigenvalue weighted by molar-refractivity contribution is 14.0. The van der Waals surface area contributed by atoms with Crippen molar-refractivity contribution in [2.45, 2.75) is 26.3 Å². The third kappa shape index (κ3) is 8.64. The summed E-state index contributed by atoms with van der Waals surface area (Å²) in [6.07, 6.45) is 2.04. The quantitative estimate of drug-likeness (QED) is 0.204. The van der Waals surface area contributed by atoms with Crippen LogP contribution in [0.4, 0.5) is 4.39 Å². The van der Waals surface area contributed by atoms with Gasteiger partial charge in [0.2, 0.25) is 0 Å². The third-order valence-electron chi connectivity index (χ3n) is 5.72. The van der Waals surface area contributed by atoms with Crippen molar-refractivity contribution < 1.29 is 18.6 Å². The molecule has 0 spiro atoms. The Morgan fingerprint density at radius 1 is 1.28 bits per heavy atom. The summed E-state index contributed by atoms with van der Waals surface area (Å²) < 4.78 is 30.1. The summed E-state index contributed by atoms with van der Waals surface area (Å²) in [5, 5.41) is 3.41. The molecule has 7 nitrogen and oxygen atoms in total. The number of methoxy groups -OCH3 is 1. The van der Waals surface area contributed by atoms with Crippen molar-refractivity contribution in [1.29, 1.82) is 0 Å². The Balaban J connectivity index is 0.00000363. The van der Waals surface area contributed by atoms with Crippen molar-refractivity contribution in [3.63, 3.8) is 0 Å². The molecule has 0 bridgehead atoms. The zero-order valence-corrected chi connectivity index (χ0v) is 21.7. The number of ether oxygens (including phenoxy) is 3. The van der Waals surface area contributed by atoms with E-state index in [0.29, 0.717) is 5.92 Å². The summed E-state index contributed by atoms with van der Waals surface area (Å²) in [4.78, 5) is 9.45. The smallest absolute Gasteiger partial charge is 0.194 e. The van der Waals surface area contributed by atoms with E-state index in [2.05, 4.69) is 22.0 Å². The summed E-state index contributed by atoms with van der Waals surface area (Å²) >= 11 is 0. The first-order valence-electron chi connectivity index (χ1n) is 11.4. The lowest BCUT2D eigenvalue weighted by Gasteiger charge is -2.36. The maximum absolute atomic E-state index is 13.9. The average molecular weight is 564 g/mol. The van der Waals surface area contributed by atoms with Crippen LogP contribution in [0.25, 0.3) is 0 Å². The van der Waals surface area contributed by atoms with Gasteiger partial charge in [0.15, 0.2) is 17.5 Å². The van der Waals surface area contributed by atoms with Crippen LogP contribution < -0.4 is 10.1 Å². The van der Waals surface area contributed by atoms with Gasteiger partial charge in [-0.05, 0) is 37.5 Å². The lowest BCUT2D eigenvalue weighted by atomic mass is 10.1. The highest BCUT2D eigenvalue weighted by Crippen LogP contribution is 2.19. The van der Waals surface area contributed by atoms with E-state index in [1.165, 1.54) is 7.11 Å². The van der Waals surface area contributed by atoms with E-state index >= 15 is 0 Å². The molecule has 0 amide bonds. The van der Waals surface area contributed by atoms with E-state index in [9.17, 15) is 4.39 Å². The van der Waals surface area contributed by atoms with Gasteiger partial charge < -0.3 is 24.4 Å². The fourth-order valence-corrected chi connectivity index (χ4v) is 3.93. The summed E-state index contributed by atoms with van der Waals surface area (Å²) in [5.74, 6) is 1.52. The maximum atomic E-state index is 13.9. The molecule has 1 aromatic rings. The number of rotatable bonds is 10. The molecule has 182 valence electrons. The van der Waals surface area contributed by atoms with Crippen molar-refractivity contribution in [3.05, 3.63) is 29.6 Å². The molecule has 32 heavy (non-hydrogen) atoms. The molecule has 0 aromatic heterocycles. The lowest BCUT2D eigenvalue weighted by Crippen LogP contribution is -2.52. The van der Waals surface area contributed by atoms with Crippen LogP contribution in [0.2, 0.25) is 0 Å². The number of hydrogen-bond donors (Lipinski definition) is 1. The van der Waals surface area contributed by atoms with Gasteiger partial charge in [0, 0.05) is 64.9 Å². The molecule has 0 saturated carbocycles.